The van der Waals surface area contributed by atoms with Crippen LogP contribution in [-0.2, 0) is 6.61 Å². The Balaban J connectivity index is 2.06. The molecule has 0 atom stereocenters. The van der Waals surface area contributed by atoms with Gasteiger partial charge in [0.25, 0.3) is 0 Å². The fraction of sp³-hybridized carbons (Fsp3) is 0.0714. The van der Waals surface area contributed by atoms with E-state index < -0.39 is 5.97 Å². The lowest BCUT2D eigenvalue weighted by Crippen LogP contribution is -2.26. The Morgan fingerprint density at radius 3 is 2.58 bits per heavy atom. The zero-order valence-electron chi connectivity index (χ0n) is 12.3. The molecule has 7 N–H and O–H groups in total. The normalized spacial score (nSPS) is 11.1. The van der Waals surface area contributed by atoms with E-state index in [4.69, 9.17) is 43.1 Å². The molecule has 0 aliphatic carbocycles. The number of furan rings is 1. The summed E-state index contributed by atoms with van der Waals surface area (Å²) in [7, 11) is 0. The van der Waals surface area contributed by atoms with Crippen LogP contribution in [-0.4, -0.2) is 23.0 Å². The number of hydrogen-bond acceptors (Lipinski definition) is 4. The highest BCUT2D eigenvalue weighted by Gasteiger charge is 2.10. The van der Waals surface area contributed by atoms with Crippen molar-refractivity contribution in [3.63, 3.8) is 0 Å². The van der Waals surface area contributed by atoms with Gasteiger partial charge in [-0.1, -0.05) is 11.6 Å². The number of carboxylic acids is 1. The average Bonchev–Trinajstić information content (AvgIpc) is 2.94. The number of ether oxygens (including phenoxy) is 1. The maximum Gasteiger partial charge on any atom is 0.371 e. The Hall–Kier alpha value is -3.20. The van der Waals surface area contributed by atoms with Crippen LogP contribution in [0.2, 0.25) is 5.02 Å². The highest BCUT2D eigenvalue weighted by atomic mass is 35.5. The van der Waals surface area contributed by atoms with Crippen LogP contribution >= 0.6 is 11.6 Å². The molecule has 2 aromatic rings. The van der Waals surface area contributed by atoms with Gasteiger partial charge in [0.05, 0.1) is 10.7 Å². The lowest BCUT2D eigenvalue weighted by Gasteiger charge is -2.07. The number of nitrogens with two attached hydrogens (primary N) is 3. The van der Waals surface area contributed by atoms with Crippen molar-refractivity contribution in [1.82, 2.24) is 0 Å². The summed E-state index contributed by atoms with van der Waals surface area (Å²) in [5, 5.41) is 9.06. The highest BCUT2D eigenvalue weighted by molar-refractivity contribution is 6.32. The summed E-state index contributed by atoms with van der Waals surface area (Å²) in [6.07, 6.45) is 0. The van der Waals surface area contributed by atoms with Crippen LogP contribution in [0.3, 0.4) is 0 Å². The van der Waals surface area contributed by atoms with Crippen LogP contribution < -0.4 is 21.9 Å². The maximum atomic E-state index is 10.7. The quantitative estimate of drug-likeness (QED) is 0.467. The van der Waals surface area contributed by atoms with Gasteiger partial charge in [0.15, 0.2) is 5.96 Å². The van der Waals surface area contributed by atoms with E-state index in [0.29, 0.717) is 17.2 Å². The molecule has 1 aromatic carbocycles. The number of guanidine groups is 2. The van der Waals surface area contributed by atoms with Gasteiger partial charge in [-0.05, 0) is 30.3 Å². The number of aliphatic imine (C=N–C) groups is 2. The van der Waals surface area contributed by atoms with Crippen molar-refractivity contribution in [2.45, 2.75) is 6.61 Å². The zero-order valence-corrected chi connectivity index (χ0v) is 13.0. The number of halogens is 1. The molecule has 0 radical (unpaired) electrons. The van der Waals surface area contributed by atoms with Gasteiger partial charge < -0.3 is 31.5 Å². The summed E-state index contributed by atoms with van der Waals surface area (Å²) in [6.45, 7) is 0.0196. The molecule has 0 spiro atoms. The first-order chi connectivity index (χ1) is 11.3. The summed E-state index contributed by atoms with van der Waals surface area (Å²) in [6, 6.07) is 7.53. The third kappa shape index (κ3) is 4.65. The lowest BCUT2D eigenvalue weighted by molar-refractivity contribution is 0.0658. The number of benzene rings is 1. The van der Waals surface area contributed by atoms with Gasteiger partial charge in [-0.2, -0.15) is 4.99 Å². The number of aromatic carboxylic acids is 1. The molecule has 0 saturated carbocycles. The molecule has 2 rings (SSSR count). The topological polar surface area (TPSA) is 162 Å². The summed E-state index contributed by atoms with van der Waals surface area (Å²) in [5.74, 6) is -0.927. The van der Waals surface area contributed by atoms with E-state index in [-0.39, 0.29) is 29.3 Å². The molecule has 0 aliphatic heterocycles. The second-order valence-corrected chi connectivity index (χ2v) is 4.89. The fourth-order valence-corrected chi connectivity index (χ4v) is 1.91. The molecular formula is C14H14ClN5O4. The highest BCUT2D eigenvalue weighted by Crippen LogP contribution is 2.29. The molecule has 24 heavy (non-hydrogen) atoms. The smallest absolute Gasteiger partial charge is 0.371 e. The van der Waals surface area contributed by atoms with Gasteiger partial charge in [0.1, 0.15) is 18.1 Å². The zero-order chi connectivity index (χ0) is 17.7. The summed E-state index contributed by atoms with van der Waals surface area (Å²) in [5.41, 5.74) is 16.3. The summed E-state index contributed by atoms with van der Waals surface area (Å²) in [4.78, 5) is 18.3. The molecule has 1 heterocycles. The molecular weight excluding hydrogens is 338 g/mol. The standard InChI is InChI=1S/C14H14ClN5O4/c15-9-5-7(19-14(18)20-13(16)17)1-3-10(9)23-6-8-2-4-11(24-8)12(21)22/h1-5H,6H2,(H,21,22)(H6,16,17,18,19,20). The minimum atomic E-state index is -1.15. The Bertz CT molecular complexity index is 811. The number of hydrogen-bond donors (Lipinski definition) is 4. The predicted octanol–water partition coefficient (Wildman–Crippen LogP) is 1.43. The van der Waals surface area contributed by atoms with Gasteiger partial charge in [-0.3, -0.25) is 0 Å². The molecule has 0 aliphatic rings. The van der Waals surface area contributed by atoms with Crippen molar-refractivity contribution >= 4 is 35.2 Å². The first kappa shape index (κ1) is 17.2. The van der Waals surface area contributed by atoms with Crippen molar-refractivity contribution in [2.75, 3.05) is 0 Å². The maximum absolute atomic E-state index is 10.7. The van der Waals surface area contributed by atoms with Crippen molar-refractivity contribution in [1.29, 1.82) is 0 Å². The molecule has 9 nitrogen and oxygen atoms in total. The van der Waals surface area contributed by atoms with E-state index in [1.165, 1.54) is 18.2 Å². The summed E-state index contributed by atoms with van der Waals surface area (Å²) < 4.78 is 10.6. The largest absolute Gasteiger partial charge is 0.484 e. The molecule has 126 valence electrons. The monoisotopic (exact) mass is 351 g/mol. The Labute approximate surface area is 141 Å². The van der Waals surface area contributed by atoms with Gasteiger partial charge in [-0.25, -0.2) is 9.79 Å². The second-order valence-electron chi connectivity index (χ2n) is 4.48. The van der Waals surface area contributed by atoms with Crippen molar-refractivity contribution in [3.8, 4) is 5.75 Å². The number of rotatable bonds is 5. The van der Waals surface area contributed by atoms with Gasteiger partial charge in [-0.15, -0.1) is 0 Å². The van der Waals surface area contributed by atoms with E-state index in [1.807, 2.05) is 0 Å². The number of carbonyl (C=O) groups is 1. The Morgan fingerprint density at radius 2 is 2.00 bits per heavy atom. The van der Waals surface area contributed by atoms with Crippen molar-refractivity contribution in [2.24, 2.45) is 27.2 Å². The first-order valence-corrected chi connectivity index (χ1v) is 6.91. The number of carboxylic acid groups (broad SMARTS) is 1. The van der Waals surface area contributed by atoms with Crippen molar-refractivity contribution in [3.05, 3.63) is 46.9 Å². The Morgan fingerprint density at radius 1 is 1.25 bits per heavy atom. The minimum absolute atomic E-state index is 0.0196. The second kappa shape index (κ2) is 7.38. The van der Waals surface area contributed by atoms with E-state index in [9.17, 15) is 4.79 Å². The van der Waals surface area contributed by atoms with Crippen LogP contribution in [0.4, 0.5) is 5.69 Å². The molecule has 0 bridgehead atoms. The van der Waals surface area contributed by atoms with Crippen LogP contribution in [0.25, 0.3) is 0 Å². The van der Waals surface area contributed by atoms with E-state index in [1.54, 1.807) is 12.1 Å². The molecule has 0 unspecified atom stereocenters. The minimum Gasteiger partial charge on any atom is -0.484 e. The van der Waals surface area contributed by atoms with E-state index in [0.717, 1.165) is 0 Å². The molecule has 1 aromatic heterocycles. The number of nitrogens with zero attached hydrogens (tertiary/aromatic N) is 2. The molecule has 0 fully saturated rings. The van der Waals surface area contributed by atoms with Crippen LogP contribution in [0.1, 0.15) is 16.3 Å². The van der Waals surface area contributed by atoms with Crippen LogP contribution in [0, 0.1) is 0 Å². The third-order valence-corrected chi connectivity index (χ3v) is 2.94. The van der Waals surface area contributed by atoms with E-state index >= 15 is 0 Å². The lowest BCUT2D eigenvalue weighted by atomic mass is 10.3. The van der Waals surface area contributed by atoms with Gasteiger partial charge >= 0.3 is 5.97 Å². The molecule has 10 heteroatoms. The van der Waals surface area contributed by atoms with Crippen LogP contribution in [0.15, 0.2) is 44.7 Å². The van der Waals surface area contributed by atoms with Gasteiger partial charge in [0, 0.05) is 0 Å². The Kier molecular flexibility index (Phi) is 5.27. The average molecular weight is 352 g/mol. The molecule has 0 amide bonds. The first-order valence-electron chi connectivity index (χ1n) is 6.53. The predicted molar refractivity (Wildman–Crippen MR) is 88.5 cm³/mol. The summed E-state index contributed by atoms with van der Waals surface area (Å²) >= 11 is 6.10. The fourth-order valence-electron chi connectivity index (χ4n) is 1.69. The van der Waals surface area contributed by atoms with Crippen LogP contribution in [0.5, 0.6) is 5.75 Å². The van der Waals surface area contributed by atoms with Gasteiger partial charge in [0.2, 0.25) is 11.7 Å². The molecule has 0 saturated heterocycles. The van der Waals surface area contributed by atoms with Crippen molar-refractivity contribution < 1.29 is 19.1 Å². The third-order valence-electron chi connectivity index (χ3n) is 2.65. The SMILES string of the molecule is NC(N)=NC(N)=Nc1ccc(OCc2ccc(C(=O)O)o2)c(Cl)c1. The van der Waals surface area contributed by atoms with E-state index in [2.05, 4.69) is 9.98 Å².